The Morgan fingerprint density at radius 2 is 1.52 bits per heavy atom. The Morgan fingerprint density at radius 1 is 0.968 bits per heavy atom. The second-order valence-corrected chi connectivity index (χ2v) is 10.4. The van der Waals surface area contributed by atoms with E-state index in [2.05, 4.69) is 20.8 Å². The van der Waals surface area contributed by atoms with Gasteiger partial charge >= 0.3 is 12.1 Å². The van der Waals surface area contributed by atoms with Crippen LogP contribution in [0.15, 0.2) is 24.3 Å². The third-order valence-electron chi connectivity index (χ3n) is 5.21. The Balaban J connectivity index is 1.76. The highest BCUT2D eigenvalue weighted by Gasteiger charge is 2.46. The fourth-order valence-electron chi connectivity index (χ4n) is 4.01. The molecule has 168 valence electrons. The van der Waals surface area contributed by atoms with Gasteiger partial charge in [0.1, 0.15) is 5.60 Å². The molecule has 3 rings (SSSR count). The number of nitrogens with zero attached hydrogens (tertiary/aromatic N) is 2. The molecule has 31 heavy (non-hydrogen) atoms. The van der Waals surface area contributed by atoms with E-state index in [0.29, 0.717) is 18.0 Å². The van der Waals surface area contributed by atoms with E-state index < -0.39 is 35.4 Å². The van der Waals surface area contributed by atoms with Crippen LogP contribution in [0.3, 0.4) is 0 Å². The van der Waals surface area contributed by atoms with Crippen molar-refractivity contribution in [1.82, 2.24) is 9.96 Å². The van der Waals surface area contributed by atoms with E-state index >= 15 is 0 Å². The van der Waals surface area contributed by atoms with Gasteiger partial charge in [-0.1, -0.05) is 38.0 Å². The van der Waals surface area contributed by atoms with Gasteiger partial charge in [0.15, 0.2) is 0 Å². The molecule has 3 amide bonds. The highest BCUT2D eigenvalue weighted by molar-refractivity contribution is 6.20. The zero-order chi connectivity index (χ0) is 23.1. The van der Waals surface area contributed by atoms with Crippen molar-refractivity contribution in [2.45, 2.75) is 53.6 Å². The highest BCUT2D eigenvalue weighted by atomic mass is 16.7. The third-order valence-corrected chi connectivity index (χ3v) is 5.21. The Bertz CT molecular complexity index is 876. The normalized spacial score (nSPS) is 21.4. The van der Waals surface area contributed by atoms with Crippen LogP contribution in [-0.2, 0) is 14.4 Å². The van der Waals surface area contributed by atoms with Gasteiger partial charge in [-0.15, -0.1) is 0 Å². The summed E-state index contributed by atoms with van der Waals surface area (Å²) in [5, 5.41) is 0.525. The van der Waals surface area contributed by atoms with Crippen molar-refractivity contribution in [3.05, 3.63) is 35.4 Å². The minimum absolute atomic E-state index is 0.0946. The monoisotopic (exact) mass is 430 g/mol. The van der Waals surface area contributed by atoms with Gasteiger partial charge in [0, 0.05) is 13.1 Å². The first kappa shape index (κ1) is 22.8. The lowest BCUT2D eigenvalue weighted by Gasteiger charge is -2.26. The maximum atomic E-state index is 13.0. The molecule has 1 aromatic carbocycles. The summed E-state index contributed by atoms with van der Waals surface area (Å²) in [6.45, 7) is 11.9. The van der Waals surface area contributed by atoms with E-state index in [4.69, 9.17) is 9.57 Å². The van der Waals surface area contributed by atoms with E-state index in [1.807, 2.05) is 0 Å². The molecular formula is C23H30N2O6. The van der Waals surface area contributed by atoms with Gasteiger partial charge in [-0.25, -0.2) is 9.59 Å². The van der Waals surface area contributed by atoms with E-state index in [-0.39, 0.29) is 29.0 Å². The number of amides is 3. The van der Waals surface area contributed by atoms with Crippen molar-refractivity contribution in [1.29, 1.82) is 0 Å². The van der Waals surface area contributed by atoms with E-state index in [0.717, 1.165) is 0 Å². The molecule has 0 N–H and O–H groups in total. The van der Waals surface area contributed by atoms with Gasteiger partial charge in [-0.3, -0.25) is 9.59 Å². The molecule has 0 aliphatic carbocycles. The molecule has 8 nitrogen and oxygen atoms in total. The molecule has 2 atom stereocenters. The van der Waals surface area contributed by atoms with Crippen molar-refractivity contribution in [3.63, 3.8) is 0 Å². The van der Waals surface area contributed by atoms with Crippen LogP contribution in [0.1, 0.15) is 68.7 Å². The Kier molecular flexibility index (Phi) is 5.86. The number of imide groups is 1. The molecule has 1 saturated heterocycles. The van der Waals surface area contributed by atoms with Crippen LogP contribution in [0, 0.1) is 17.3 Å². The maximum absolute atomic E-state index is 13.0. The first-order valence-corrected chi connectivity index (χ1v) is 10.4. The van der Waals surface area contributed by atoms with Gasteiger partial charge < -0.3 is 14.5 Å². The number of hydrogen-bond acceptors (Lipinski definition) is 6. The van der Waals surface area contributed by atoms with E-state index in [1.54, 1.807) is 32.9 Å². The van der Waals surface area contributed by atoms with E-state index in [9.17, 15) is 19.2 Å². The topological polar surface area (TPSA) is 93.2 Å². The highest BCUT2D eigenvalue weighted by Crippen LogP contribution is 2.36. The minimum atomic E-state index is -0.699. The summed E-state index contributed by atoms with van der Waals surface area (Å²) in [6.07, 6.45) is 0.163. The molecular weight excluding hydrogens is 400 g/mol. The number of carbonyl (C=O) groups excluding carboxylic acids is 4. The largest absolute Gasteiger partial charge is 0.444 e. The van der Waals surface area contributed by atoms with Gasteiger partial charge in [0.25, 0.3) is 11.8 Å². The molecule has 0 spiro atoms. The van der Waals surface area contributed by atoms with Gasteiger partial charge in [-0.2, -0.15) is 0 Å². The zero-order valence-electron chi connectivity index (χ0n) is 18.9. The van der Waals surface area contributed by atoms with Crippen LogP contribution in [-0.4, -0.2) is 52.5 Å². The molecule has 1 aromatic rings. The van der Waals surface area contributed by atoms with Crippen molar-refractivity contribution in [2.24, 2.45) is 17.3 Å². The molecule has 0 saturated carbocycles. The SMILES string of the molecule is CC(C)(C)C[C@@H]1CN(C(=O)OC(C)(C)C)C[C@H]1C(=O)ON1C(=O)c2ccccc2C1=O. The second kappa shape index (κ2) is 7.98. The average molecular weight is 431 g/mol. The summed E-state index contributed by atoms with van der Waals surface area (Å²) in [6, 6.07) is 6.33. The number of rotatable bonds is 3. The van der Waals surface area contributed by atoms with Gasteiger partial charge in [-0.05, 0) is 50.7 Å². The van der Waals surface area contributed by atoms with Crippen LogP contribution < -0.4 is 0 Å². The third kappa shape index (κ3) is 5.06. The number of fused-ring (bicyclic) bond motifs is 1. The smallest absolute Gasteiger partial charge is 0.410 e. The molecule has 8 heteroatoms. The molecule has 1 fully saturated rings. The van der Waals surface area contributed by atoms with E-state index in [1.165, 1.54) is 17.0 Å². The van der Waals surface area contributed by atoms with Crippen molar-refractivity contribution in [3.8, 4) is 0 Å². The fourth-order valence-corrected chi connectivity index (χ4v) is 4.01. The first-order valence-electron chi connectivity index (χ1n) is 10.4. The molecule has 2 heterocycles. The summed E-state index contributed by atoms with van der Waals surface area (Å²) in [5.74, 6) is -2.88. The Morgan fingerprint density at radius 3 is 2.00 bits per heavy atom. The van der Waals surface area contributed by atoms with Crippen LogP contribution in [0.2, 0.25) is 0 Å². The summed E-state index contributed by atoms with van der Waals surface area (Å²) in [4.78, 5) is 57.5. The predicted molar refractivity (Wildman–Crippen MR) is 112 cm³/mol. The summed E-state index contributed by atoms with van der Waals surface area (Å²) < 4.78 is 5.45. The molecule has 0 radical (unpaired) electrons. The predicted octanol–water partition coefficient (Wildman–Crippen LogP) is 3.66. The van der Waals surface area contributed by atoms with Crippen molar-refractivity contribution >= 4 is 23.9 Å². The van der Waals surface area contributed by atoms with Crippen molar-refractivity contribution < 1.29 is 28.8 Å². The van der Waals surface area contributed by atoms with Gasteiger partial charge in [0.2, 0.25) is 0 Å². The van der Waals surface area contributed by atoms with Crippen LogP contribution in [0.25, 0.3) is 0 Å². The maximum Gasteiger partial charge on any atom is 0.410 e. The number of hydroxylamine groups is 2. The molecule has 2 aliphatic rings. The zero-order valence-corrected chi connectivity index (χ0v) is 18.9. The molecule has 0 bridgehead atoms. The van der Waals surface area contributed by atoms with Crippen LogP contribution in [0.5, 0.6) is 0 Å². The lowest BCUT2D eigenvalue weighted by atomic mass is 9.80. The number of ether oxygens (including phenoxy) is 1. The minimum Gasteiger partial charge on any atom is -0.444 e. The number of carbonyl (C=O) groups is 4. The summed E-state index contributed by atoms with van der Waals surface area (Å²) >= 11 is 0. The molecule has 0 aromatic heterocycles. The second-order valence-electron chi connectivity index (χ2n) is 10.4. The van der Waals surface area contributed by atoms with Crippen LogP contribution in [0.4, 0.5) is 4.79 Å². The average Bonchev–Trinajstić information content (AvgIpc) is 3.14. The number of benzene rings is 1. The Hall–Kier alpha value is -2.90. The van der Waals surface area contributed by atoms with Crippen LogP contribution >= 0.6 is 0 Å². The molecule has 2 aliphatic heterocycles. The fraction of sp³-hybridized carbons (Fsp3) is 0.565. The quantitative estimate of drug-likeness (QED) is 0.680. The number of hydrogen-bond donors (Lipinski definition) is 0. The number of likely N-dealkylation sites (tertiary alicyclic amines) is 1. The summed E-state index contributed by atoms with van der Waals surface area (Å²) in [5.41, 5.74) is -0.348. The standard InChI is InChI=1S/C23H30N2O6/c1-22(2,3)11-14-12-24(21(29)30-23(4,5)6)13-17(14)20(28)31-25-18(26)15-9-7-8-10-16(15)19(25)27/h7-10,14,17H,11-13H2,1-6H3/t14-,17-/m1/s1. The lowest BCUT2D eigenvalue weighted by molar-refractivity contribution is -0.174. The van der Waals surface area contributed by atoms with Gasteiger partial charge in [0.05, 0.1) is 17.0 Å². The lowest BCUT2D eigenvalue weighted by Crippen LogP contribution is -2.38. The Labute approximate surface area is 182 Å². The summed E-state index contributed by atoms with van der Waals surface area (Å²) in [7, 11) is 0. The van der Waals surface area contributed by atoms with Crippen molar-refractivity contribution in [2.75, 3.05) is 13.1 Å². The molecule has 0 unspecified atom stereocenters. The first-order chi connectivity index (χ1) is 14.3.